The molecule has 0 radical (unpaired) electrons. The Balaban J connectivity index is 1.92. The summed E-state index contributed by atoms with van der Waals surface area (Å²) in [6, 6.07) is 2.24. The molecule has 6 nitrogen and oxygen atoms in total. The SMILES string of the molecule is CCCCC(CN)n1cc(-c2ncnc3[nH]ccc23)cn1. The second kappa shape index (κ2) is 6.05. The molecule has 0 aliphatic heterocycles. The molecular formula is C15H20N6. The van der Waals surface area contributed by atoms with Crippen LogP contribution in [0.3, 0.4) is 0 Å². The van der Waals surface area contributed by atoms with Crippen LogP contribution < -0.4 is 5.73 Å². The van der Waals surface area contributed by atoms with E-state index in [0.717, 1.165) is 35.1 Å². The van der Waals surface area contributed by atoms with E-state index in [4.69, 9.17) is 5.73 Å². The number of H-pyrrole nitrogens is 1. The summed E-state index contributed by atoms with van der Waals surface area (Å²) in [5.41, 5.74) is 8.62. The summed E-state index contributed by atoms with van der Waals surface area (Å²) in [5, 5.41) is 5.48. The van der Waals surface area contributed by atoms with Crippen LogP contribution in [-0.4, -0.2) is 31.3 Å². The molecule has 3 N–H and O–H groups in total. The maximum absolute atomic E-state index is 5.88. The standard InChI is InChI=1S/C15H20N6/c1-2-3-4-12(7-16)21-9-11(8-20-21)14-13-5-6-17-15(13)19-10-18-14/h5-6,8-10,12H,2-4,7,16H2,1H3,(H,17,18,19). The van der Waals surface area contributed by atoms with Gasteiger partial charge >= 0.3 is 0 Å². The van der Waals surface area contributed by atoms with Crippen LogP contribution in [0.15, 0.2) is 31.0 Å². The summed E-state index contributed by atoms with van der Waals surface area (Å²) in [6.07, 6.45) is 10.7. The quantitative estimate of drug-likeness (QED) is 0.728. The molecule has 0 aromatic carbocycles. The van der Waals surface area contributed by atoms with E-state index in [-0.39, 0.29) is 6.04 Å². The van der Waals surface area contributed by atoms with Gasteiger partial charge in [-0.2, -0.15) is 5.10 Å². The number of unbranched alkanes of at least 4 members (excludes halogenated alkanes) is 1. The minimum Gasteiger partial charge on any atom is -0.346 e. The minimum atomic E-state index is 0.252. The molecule has 110 valence electrons. The molecule has 0 amide bonds. The van der Waals surface area contributed by atoms with Gasteiger partial charge in [-0.05, 0) is 12.5 Å². The number of nitrogens with two attached hydrogens (primary N) is 1. The molecule has 0 spiro atoms. The van der Waals surface area contributed by atoms with E-state index in [9.17, 15) is 0 Å². The first-order valence-electron chi connectivity index (χ1n) is 7.36. The van der Waals surface area contributed by atoms with Crippen LogP contribution in [0.25, 0.3) is 22.3 Å². The van der Waals surface area contributed by atoms with E-state index in [1.165, 1.54) is 6.42 Å². The van der Waals surface area contributed by atoms with Crippen LogP contribution in [0, 0.1) is 0 Å². The average molecular weight is 284 g/mol. The van der Waals surface area contributed by atoms with Crippen molar-refractivity contribution in [3.63, 3.8) is 0 Å². The lowest BCUT2D eigenvalue weighted by atomic mass is 10.1. The number of aromatic amines is 1. The first kappa shape index (κ1) is 13.8. The Kier molecular flexibility index (Phi) is 3.96. The van der Waals surface area contributed by atoms with Crippen molar-refractivity contribution >= 4 is 11.0 Å². The van der Waals surface area contributed by atoms with E-state index in [0.29, 0.717) is 6.54 Å². The molecular weight excluding hydrogens is 264 g/mol. The number of hydrogen-bond donors (Lipinski definition) is 2. The van der Waals surface area contributed by atoms with Gasteiger partial charge in [-0.3, -0.25) is 4.68 Å². The fourth-order valence-electron chi connectivity index (χ4n) is 2.56. The van der Waals surface area contributed by atoms with Crippen molar-refractivity contribution in [1.29, 1.82) is 0 Å². The van der Waals surface area contributed by atoms with Crippen molar-refractivity contribution in [3.8, 4) is 11.3 Å². The second-order valence-corrected chi connectivity index (χ2v) is 5.20. The van der Waals surface area contributed by atoms with E-state index >= 15 is 0 Å². The first-order chi connectivity index (χ1) is 10.3. The van der Waals surface area contributed by atoms with E-state index < -0.39 is 0 Å². The predicted molar refractivity (Wildman–Crippen MR) is 82.7 cm³/mol. The summed E-state index contributed by atoms with van der Waals surface area (Å²) >= 11 is 0. The third-order valence-electron chi connectivity index (χ3n) is 3.77. The van der Waals surface area contributed by atoms with Crippen molar-refractivity contribution in [3.05, 3.63) is 31.0 Å². The van der Waals surface area contributed by atoms with Crippen molar-refractivity contribution in [1.82, 2.24) is 24.7 Å². The molecule has 3 heterocycles. The van der Waals surface area contributed by atoms with Gasteiger partial charge in [-0.25, -0.2) is 9.97 Å². The zero-order valence-electron chi connectivity index (χ0n) is 12.2. The van der Waals surface area contributed by atoms with Crippen molar-refractivity contribution < 1.29 is 0 Å². The third-order valence-corrected chi connectivity index (χ3v) is 3.77. The van der Waals surface area contributed by atoms with Crippen LogP contribution in [0.5, 0.6) is 0 Å². The Hall–Kier alpha value is -2.21. The number of nitrogens with zero attached hydrogens (tertiary/aromatic N) is 4. The van der Waals surface area contributed by atoms with E-state index in [1.54, 1.807) is 6.33 Å². The fourth-order valence-corrected chi connectivity index (χ4v) is 2.56. The summed E-state index contributed by atoms with van der Waals surface area (Å²) in [4.78, 5) is 11.7. The predicted octanol–water partition coefficient (Wildman–Crippen LogP) is 2.51. The van der Waals surface area contributed by atoms with Crippen molar-refractivity contribution in [2.45, 2.75) is 32.2 Å². The Morgan fingerprint density at radius 3 is 3.10 bits per heavy atom. The third kappa shape index (κ3) is 2.67. The molecule has 3 aromatic heterocycles. The van der Waals surface area contributed by atoms with Gasteiger partial charge in [0.05, 0.1) is 17.9 Å². The van der Waals surface area contributed by atoms with Crippen LogP contribution in [0.4, 0.5) is 0 Å². The lowest BCUT2D eigenvalue weighted by Crippen LogP contribution is -2.19. The molecule has 3 aromatic rings. The van der Waals surface area contributed by atoms with Crippen molar-refractivity contribution in [2.75, 3.05) is 6.54 Å². The van der Waals surface area contributed by atoms with Gasteiger partial charge < -0.3 is 10.7 Å². The van der Waals surface area contributed by atoms with Crippen LogP contribution >= 0.6 is 0 Å². The molecule has 0 fully saturated rings. The van der Waals surface area contributed by atoms with Gasteiger partial charge in [0.2, 0.25) is 0 Å². The molecule has 6 heteroatoms. The zero-order valence-corrected chi connectivity index (χ0v) is 12.2. The van der Waals surface area contributed by atoms with Gasteiger partial charge in [0.15, 0.2) is 0 Å². The highest BCUT2D eigenvalue weighted by molar-refractivity contribution is 5.89. The highest BCUT2D eigenvalue weighted by Gasteiger charge is 2.13. The number of aromatic nitrogens is 5. The Morgan fingerprint density at radius 2 is 2.29 bits per heavy atom. The van der Waals surface area contributed by atoms with E-state index in [2.05, 4.69) is 27.0 Å². The van der Waals surface area contributed by atoms with Crippen LogP contribution in [0.1, 0.15) is 32.2 Å². The smallest absolute Gasteiger partial charge is 0.141 e. The highest BCUT2D eigenvalue weighted by Crippen LogP contribution is 2.25. The molecule has 1 atom stereocenters. The van der Waals surface area contributed by atoms with Gasteiger partial charge in [-0.1, -0.05) is 19.8 Å². The maximum atomic E-state index is 5.88. The lowest BCUT2D eigenvalue weighted by Gasteiger charge is -2.14. The van der Waals surface area contributed by atoms with Gasteiger partial charge in [0.1, 0.15) is 12.0 Å². The molecule has 0 saturated heterocycles. The van der Waals surface area contributed by atoms with E-state index in [1.807, 2.05) is 29.3 Å². The Labute approximate surface area is 123 Å². The summed E-state index contributed by atoms with van der Waals surface area (Å²) in [6.45, 7) is 2.79. The van der Waals surface area contributed by atoms with Crippen LogP contribution in [-0.2, 0) is 0 Å². The summed E-state index contributed by atoms with van der Waals surface area (Å²) < 4.78 is 1.96. The highest BCUT2D eigenvalue weighted by atomic mass is 15.3. The normalized spacial score (nSPS) is 12.9. The minimum absolute atomic E-state index is 0.252. The van der Waals surface area contributed by atoms with Crippen LogP contribution in [0.2, 0.25) is 0 Å². The molecule has 0 aliphatic rings. The van der Waals surface area contributed by atoms with Gasteiger partial charge in [0.25, 0.3) is 0 Å². The molecule has 1 unspecified atom stereocenters. The lowest BCUT2D eigenvalue weighted by molar-refractivity contribution is 0.420. The topological polar surface area (TPSA) is 85.4 Å². The first-order valence-corrected chi connectivity index (χ1v) is 7.36. The number of fused-ring (bicyclic) bond motifs is 1. The fraction of sp³-hybridized carbons (Fsp3) is 0.400. The molecule has 3 rings (SSSR count). The monoisotopic (exact) mass is 284 g/mol. The summed E-state index contributed by atoms with van der Waals surface area (Å²) in [5.74, 6) is 0. The zero-order chi connectivity index (χ0) is 14.7. The van der Waals surface area contributed by atoms with Gasteiger partial charge in [0, 0.05) is 29.9 Å². The Bertz CT molecular complexity index is 714. The maximum Gasteiger partial charge on any atom is 0.141 e. The second-order valence-electron chi connectivity index (χ2n) is 5.20. The largest absolute Gasteiger partial charge is 0.346 e. The number of rotatable bonds is 6. The number of hydrogen-bond acceptors (Lipinski definition) is 4. The molecule has 0 saturated carbocycles. The Morgan fingerprint density at radius 1 is 1.38 bits per heavy atom. The summed E-state index contributed by atoms with van der Waals surface area (Å²) in [7, 11) is 0. The molecule has 21 heavy (non-hydrogen) atoms. The molecule has 0 aliphatic carbocycles. The molecule has 0 bridgehead atoms. The average Bonchev–Trinajstić information content (AvgIpc) is 3.16. The van der Waals surface area contributed by atoms with Crippen molar-refractivity contribution in [2.24, 2.45) is 5.73 Å². The number of nitrogens with one attached hydrogen (secondary N) is 1. The van der Waals surface area contributed by atoms with Gasteiger partial charge in [-0.15, -0.1) is 0 Å².